The van der Waals surface area contributed by atoms with Gasteiger partial charge in [0.15, 0.2) is 0 Å². The molecule has 0 aliphatic rings. The molecule has 0 amide bonds. The Morgan fingerprint density at radius 3 is 2.55 bits per heavy atom. The van der Waals surface area contributed by atoms with Gasteiger partial charge in [0.2, 0.25) is 0 Å². The number of aromatic nitrogens is 2. The number of aldehydes is 1. The average Bonchev–Trinajstić information content (AvgIpc) is 2.17. The summed E-state index contributed by atoms with van der Waals surface area (Å²) >= 11 is 0. The SMILES string of the molecule is Cc1nc(C)n(C)c1CC=O. The summed E-state index contributed by atoms with van der Waals surface area (Å²) in [4.78, 5) is 14.5. The molecule has 60 valence electrons. The zero-order valence-electron chi connectivity index (χ0n) is 7.09. The van der Waals surface area contributed by atoms with Gasteiger partial charge < -0.3 is 9.36 Å². The molecular formula is C8H12N2O. The van der Waals surface area contributed by atoms with Crippen molar-refractivity contribution >= 4 is 6.29 Å². The van der Waals surface area contributed by atoms with Crippen molar-refractivity contribution in [2.45, 2.75) is 20.3 Å². The highest BCUT2D eigenvalue weighted by Crippen LogP contribution is 2.07. The molecule has 0 unspecified atom stereocenters. The van der Waals surface area contributed by atoms with E-state index in [0.29, 0.717) is 6.42 Å². The second kappa shape index (κ2) is 2.86. The summed E-state index contributed by atoms with van der Waals surface area (Å²) in [6.07, 6.45) is 1.37. The molecule has 3 nitrogen and oxygen atoms in total. The van der Waals surface area contributed by atoms with E-state index in [0.717, 1.165) is 23.5 Å². The molecule has 0 radical (unpaired) electrons. The Kier molecular flexibility index (Phi) is 2.08. The largest absolute Gasteiger partial charge is 0.335 e. The minimum Gasteiger partial charge on any atom is -0.335 e. The molecule has 1 rings (SSSR count). The van der Waals surface area contributed by atoms with Crippen LogP contribution < -0.4 is 0 Å². The fourth-order valence-corrected chi connectivity index (χ4v) is 1.18. The molecule has 0 atom stereocenters. The van der Waals surface area contributed by atoms with Crippen LogP contribution in [0.4, 0.5) is 0 Å². The molecule has 0 spiro atoms. The van der Waals surface area contributed by atoms with E-state index >= 15 is 0 Å². The summed E-state index contributed by atoms with van der Waals surface area (Å²) < 4.78 is 1.95. The molecule has 0 N–H and O–H groups in total. The quantitative estimate of drug-likeness (QED) is 0.587. The number of nitrogens with zero attached hydrogens (tertiary/aromatic N) is 2. The van der Waals surface area contributed by atoms with Gasteiger partial charge in [0, 0.05) is 19.2 Å². The molecule has 1 aromatic heterocycles. The average molecular weight is 152 g/mol. The Bertz CT molecular complexity index is 276. The summed E-state index contributed by atoms with van der Waals surface area (Å²) in [5, 5.41) is 0. The van der Waals surface area contributed by atoms with Crippen LogP contribution in [0.1, 0.15) is 17.2 Å². The van der Waals surface area contributed by atoms with Crippen LogP contribution in [0, 0.1) is 13.8 Å². The predicted octanol–water partition coefficient (Wildman–Crippen LogP) is 0.778. The fraction of sp³-hybridized carbons (Fsp3) is 0.500. The van der Waals surface area contributed by atoms with E-state index in [9.17, 15) is 4.79 Å². The normalized spacial score (nSPS) is 10.1. The lowest BCUT2D eigenvalue weighted by Gasteiger charge is -1.98. The molecular weight excluding hydrogens is 140 g/mol. The number of hydrogen-bond donors (Lipinski definition) is 0. The first kappa shape index (κ1) is 7.98. The van der Waals surface area contributed by atoms with Gasteiger partial charge in [0.05, 0.1) is 5.69 Å². The van der Waals surface area contributed by atoms with Crippen LogP contribution >= 0.6 is 0 Å². The van der Waals surface area contributed by atoms with Gasteiger partial charge >= 0.3 is 0 Å². The number of carbonyl (C=O) groups is 1. The first-order valence-corrected chi connectivity index (χ1v) is 3.59. The summed E-state index contributed by atoms with van der Waals surface area (Å²) in [5.41, 5.74) is 1.97. The van der Waals surface area contributed by atoms with Crippen LogP contribution in [-0.4, -0.2) is 15.8 Å². The van der Waals surface area contributed by atoms with Gasteiger partial charge in [-0.3, -0.25) is 0 Å². The Morgan fingerprint density at radius 2 is 2.18 bits per heavy atom. The number of aryl methyl sites for hydroxylation is 2. The van der Waals surface area contributed by atoms with Crippen molar-refractivity contribution in [1.29, 1.82) is 0 Å². The van der Waals surface area contributed by atoms with Crippen LogP contribution in [0.25, 0.3) is 0 Å². The van der Waals surface area contributed by atoms with Gasteiger partial charge in [0.25, 0.3) is 0 Å². The Hall–Kier alpha value is -1.12. The smallest absolute Gasteiger partial charge is 0.125 e. The van der Waals surface area contributed by atoms with Crippen LogP contribution in [-0.2, 0) is 18.3 Å². The molecule has 0 aliphatic heterocycles. The van der Waals surface area contributed by atoms with Crippen LogP contribution in [0.2, 0.25) is 0 Å². The van der Waals surface area contributed by atoms with Crippen molar-refractivity contribution in [3.63, 3.8) is 0 Å². The van der Waals surface area contributed by atoms with Crippen molar-refractivity contribution in [2.75, 3.05) is 0 Å². The molecule has 0 aliphatic carbocycles. The van der Waals surface area contributed by atoms with E-state index in [1.165, 1.54) is 0 Å². The lowest BCUT2D eigenvalue weighted by molar-refractivity contribution is -0.107. The number of hydrogen-bond acceptors (Lipinski definition) is 2. The predicted molar refractivity (Wildman–Crippen MR) is 42.5 cm³/mol. The summed E-state index contributed by atoms with van der Waals surface area (Å²) in [7, 11) is 1.92. The highest BCUT2D eigenvalue weighted by atomic mass is 16.1. The van der Waals surface area contributed by atoms with Gasteiger partial charge in [-0.1, -0.05) is 0 Å². The third-order valence-corrected chi connectivity index (χ3v) is 1.91. The minimum atomic E-state index is 0.461. The zero-order valence-corrected chi connectivity index (χ0v) is 7.09. The van der Waals surface area contributed by atoms with E-state index in [1.54, 1.807) is 0 Å². The minimum absolute atomic E-state index is 0.461. The zero-order chi connectivity index (χ0) is 8.43. The third kappa shape index (κ3) is 1.31. The number of carbonyl (C=O) groups excluding carboxylic acids is 1. The standard InChI is InChI=1S/C8H12N2O/c1-6-8(4-5-11)10(3)7(2)9-6/h5H,4H2,1-3H3. The fourth-order valence-electron chi connectivity index (χ4n) is 1.18. The van der Waals surface area contributed by atoms with Crippen molar-refractivity contribution in [3.8, 4) is 0 Å². The van der Waals surface area contributed by atoms with Gasteiger partial charge in [-0.25, -0.2) is 4.98 Å². The maximum absolute atomic E-state index is 10.2. The molecule has 1 aromatic rings. The molecule has 0 saturated carbocycles. The molecule has 11 heavy (non-hydrogen) atoms. The van der Waals surface area contributed by atoms with Gasteiger partial charge in [-0.2, -0.15) is 0 Å². The van der Waals surface area contributed by atoms with Crippen molar-refractivity contribution in [3.05, 3.63) is 17.2 Å². The Morgan fingerprint density at radius 1 is 1.55 bits per heavy atom. The highest BCUT2D eigenvalue weighted by Gasteiger charge is 2.06. The van der Waals surface area contributed by atoms with Crippen LogP contribution in [0.5, 0.6) is 0 Å². The van der Waals surface area contributed by atoms with Crippen molar-refractivity contribution < 1.29 is 4.79 Å². The lowest BCUT2D eigenvalue weighted by Crippen LogP contribution is -1.99. The van der Waals surface area contributed by atoms with E-state index in [-0.39, 0.29) is 0 Å². The maximum Gasteiger partial charge on any atom is 0.125 e. The van der Waals surface area contributed by atoms with E-state index in [1.807, 2.05) is 25.5 Å². The second-order valence-corrected chi connectivity index (χ2v) is 2.62. The first-order chi connectivity index (χ1) is 5.16. The van der Waals surface area contributed by atoms with Crippen molar-refractivity contribution in [2.24, 2.45) is 7.05 Å². The van der Waals surface area contributed by atoms with E-state index in [4.69, 9.17) is 0 Å². The van der Waals surface area contributed by atoms with Crippen LogP contribution in [0.15, 0.2) is 0 Å². The number of imidazole rings is 1. The monoisotopic (exact) mass is 152 g/mol. The number of rotatable bonds is 2. The molecule has 0 fully saturated rings. The summed E-state index contributed by atoms with van der Waals surface area (Å²) in [5.74, 6) is 0.958. The highest BCUT2D eigenvalue weighted by molar-refractivity contribution is 5.54. The molecule has 0 saturated heterocycles. The third-order valence-electron chi connectivity index (χ3n) is 1.91. The summed E-state index contributed by atoms with van der Waals surface area (Å²) in [6.45, 7) is 3.85. The van der Waals surface area contributed by atoms with Crippen LogP contribution in [0.3, 0.4) is 0 Å². The van der Waals surface area contributed by atoms with Gasteiger partial charge in [-0.15, -0.1) is 0 Å². The van der Waals surface area contributed by atoms with Gasteiger partial charge in [-0.05, 0) is 13.8 Å². The maximum atomic E-state index is 10.2. The molecule has 1 heterocycles. The topological polar surface area (TPSA) is 34.9 Å². The van der Waals surface area contributed by atoms with E-state index in [2.05, 4.69) is 4.98 Å². The van der Waals surface area contributed by atoms with E-state index < -0.39 is 0 Å². The molecule has 0 bridgehead atoms. The van der Waals surface area contributed by atoms with Crippen molar-refractivity contribution in [1.82, 2.24) is 9.55 Å². The summed E-state index contributed by atoms with van der Waals surface area (Å²) in [6, 6.07) is 0. The Labute approximate surface area is 66.1 Å². The second-order valence-electron chi connectivity index (χ2n) is 2.62. The Balaban J connectivity index is 3.11. The molecule has 3 heteroatoms. The lowest BCUT2D eigenvalue weighted by atomic mass is 10.3. The van der Waals surface area contributed by atoms with Gasteiger partial charge in [0.1, 0.15) is 12.1 Å². The molecule has 0 aromatic carbocycles. The first-order valence-electron chi connectivity index (χ1n) is 3.59.